The van der Waals surface area contributed by atoms with Crippen LogP contribution in [0.25, 0.3) is 0 Å². The van der Waals surface area contributed by atoms with Crippen LogP contribution in [0.1, 0.15) is 55.4 Å². The van der Waals surface area contributed by atoms with E-state index in [0.29, 0.717) is 37.2 Å². The second-order valence-electron chi connectivity index (χ2n) is 9.08. The summed E-state index contributed by atoms with van der Waals surface area (Å²) in [5.41, 5.74) is 4.72. The highest BCUT2D eigenvalue weighted by molar-refractivity contribution is 5.93. The Morgan fingerprint density at radius 3 is 2.37 bits per heavy atom. The van der Waals surface area contributed by atoms with Crippen LogP contribution in [0.3, 0.4) is 0 Å². The summed E-state index contributed by atoms with van der Waals surface area (Å²) < 4.78 is 38.5. The van der Waals surface area contributed by atoms with E-state index in [1.807, 2.05) is 46.8 Å². The number of aromatic nitrogens is 2. The Bertz CT molecular complexity index is 941. The third-order valence-corrected chi connectivity index (χ3v) is 5.03. The van der Waals surface area contributed by atoms with Crippen LogP contribution in [0.5, 0.6) is 0 Å². The minimum Gasteiger partial charge on any atom is -0.367 e. The molecule has 0 unspecified atom stereocenters. The van der Waals surface area contributed by atoms with Crippen molar-refractivity contribution in [3.05, 3.63) is 46.5 Å². The van der Waals surface area contributed by atoms with Gasteiger partial charge in [0.25, 0.3) is 0 Å². The van der Waals surface area contributed by atoms with Gasteiger partial charge in [0.05, 0.1) is 5.69 Å². The number of nitrogens with zero attached hydrogens (tertiary/aromatic N) is 3. The van der Waals surface area contributed by atoms with Gasteiger partial charge in [0, 0.05) is 49.1 Å². The smallest absolute Gasteiger partial charge is 0.367 e. The molecule has 2 heterocycles. The molecular formula is C22H27F3N4O. The Morgan fingerprint density at radius 1 is 1.17 bits per heavy atom. The zero-order valence-electron chi connectivity index (χ0n) is 17.9. The minimum absolute atomic E-state index is 0.0223. The molecule has 3 rings (SSSR count). The summed E-state index contributed by atoms with van der Waals surface area (Å²) in [7, 11) is 0. The quantitative estimate of drug-likeness (QED) is 0.755. The van der Waals surface area contributed by atoms with Crippen molar-refractivity contribution >= 4 is 17.3 Å². The summed E-state index contributed by atoms with van der Waals surface area (Å²) >= 11 is 0. The number of hydrogen-bond donors (Lipinski definition) is 1. The highest BCUT2D eigenvalue weighted by Gasteiger charge is 2.35. The number of alkyl halides is 3. The van der Waals surface area contributed by atoms with Crippen LogP contribution in [0, 0.1) is 19.3 Å². The van der Waals surface area contributed by atoms with Gasteiger partial charge in [0.2, 0.25) is 11.7 Å². The molecule has 0 atom stereocenters. The molecule has 0 radical (unpaired) electrons. The fourth-order valence-corrected chi connectivity index (χ4v) is 3.66. The first-order valence-electron chi connectivity index (χ1n) is 9.91. The molecule has 0 spiro atoms. The van der Waals surface area contributed by atoms with E-state index >= 15 is 0 Å². The van der Waals surface area contributed by atoms with E-state index < -0.39 is 12.0 Å². The van der Waals surface area contributed by atoms with Gasteiger partial charge in [-0.2, -0.15) is 13.2 Å². The third kappa shape index (κ3) is 5.09. The Labute approximate surface area is 174 Å². The van der Waals surface area contributed by atoms with Gasteiger partial charge in [-0.25, -0.2) is 9.97 Å². The number of nitrogens with one attached hydrogen (secondary N) is 1. The molecule has 0 saturated carbocycles. The molecule has 0 saturated heterocycles. The van der Waals surface area contributed by atoms with Gasteiger partial charge in [-0.1, -0.05) is 20.8 Å². The Balaban J connectivity index is 1.79. The summed E-state index contributed by atoms with van der Waals surface area (Å²) in [6.07, 6.45) is -2.41. The number of carbonyl (C=O) groups excluding carboxylic acids is 1. The van der Waals surface area contributed by atoms with E-state index in [9.17, 15) is 18.0 Å². The lowest BCUT2D eigenvalue weighted by atomic mass is 9.92. The van der Waals surface area contributed by atoms with Gasteiger partial charge < -0.3 is 10.2 Å². The SMILES string of the molecule is Cc1cc(N2CCc3nc(C(F)(F)F)ncc3C2)cc(C)c1NC(=O)CC(C)(C)C. The number of anilines is 2. The first-order valence-corrected chi connectivity index (χ1v) is 9.91. The van der Waals surface area contributed by atoms with Crippen LogP contribution in [-0.2, 0) is 23.9 Å². The number of fused-ring (bicyclic) bond motifs is 1. The van der Waals surface area contributed by atoms with Crippen LogP contribution in [0.15, 0.2) is 18.3 Å². The molecule has 8 heteroatoms. The van der Waals surface area contributed by atoms with Crippen LogP contribution in [0.2, 0.25) is 0 Å². The second kappa shape index (κ2) is 7.89. The van der Waals surface area contributed by atoms with Crippen molar-refractivity contribution in [3.63, 3.8) is 0 Å². The maximum Gasteiger partial charge on any atom is 0.451 e. The van der Waals surface area contributed by atoms with E-state index in [0.717, 1.165) is 22.5 Å². The van der Waals surface area contributed by atoms with E-state index in [-0.39, 0.29) is 11.3 Å². The van der Waals surface area contributed by atoms with Crippen molar-refractivity contribution in [1.29, 1.82) is 0 Å². The van der Waals surface area contributed by atoms with Crippen molar-refractivity contribution in [2.24, 2.45) is 5.41 Å². The Hall–Kier alpha value is -2.64. The Kier molecular flexibility index (Phi) is 5.80. The first-order chi connectivity index (χ1) is 13.8. The molecule has 5 nitrogen and oxygen atoms in total. The van der Waals surface area contributed by atoms with Gasteiger partial charge in [0.15, 0.2) is 0 Å². The normalized spacial score (nSPS) is 14.5. The van der Waals surface area contributed by atoms with Crippen molar-refractivity contribution in [2.75, 3.05) is 16.8 Å². The number of halogens is 3. The van der Waals surface area contributed by atoms with Crippen molar-refractivity contribution in [2.45, 2.75) is 60.2 Å². The average Bonchev–Trinajstić information content (AvgIpc) is 2.61. The fourth-order valence-electron chi connectivity index (χ4n) is 3.66. The number of benzene rings is 1. The zero-order chi connectivity index (χ0) is 22.3. The zero-order valence-corrected chi connectivity index (χ0v) is 17.9. The standard InChI is InChI=1S/C22H27F3N4O/c1-13-8-16(9-14(2)19(13)28-18(30)10-21(3,4)5)29-7-6-17-15(12-29)11-26-20(27-17)22(23,24)25/h8-9,11H,6-7,10,12H2,1-5H3,(H,28,30). The third-order valence-electron chi connectivity index (χ3n) is 5.03. The largest absolute Gasteiger partial charge is 0.451 e. The molecule has 1 aliphatic rings. The van der Waals surface area contributed by atoms with Crippen molar-refractivity contribution < 1.29 is 18.0 Å². The van der Waals surface area contributed by atoms with Gasteiger partial charge in [-0.3, -0.25) is 4.79 Å². The van der Waals surface area contributed by atoms with Gasteiger partial charge in [-0.05, 0) is 42.5 Å². The highest BCUT2D eigenvalue weighted by Crippen LogP contribution is 2.32. The average molecular weight is 420 g/mol. The number of hydrogen-bond acceptors (Lipinski definition) is 4. The fraction of sp³-hybridized carbons (Fsp3) is 0.500. The first kappa shape index (κ1) is 22.1. The highest BCUT2D eigenvalue weighted by atomic mass is 19.4. The summed E-state index contributed by atoms with van der Waals surface area (Å²) in [6, 6.07) is 3.99. The van der Waals surface area contributed by atoms with E-state index in [4.69, 9.17) is 0 Å². The predicted molar refractivity (Wildman–Crippen MR) is 110 cm³/mol. The molecule has 1 N–H and O–H groups in total. The maximum absolute atomic E-state index is 12.8. The van der Waals surface area contributed by atoms with Crippen LogP contribution in [-0.4, -0.2) is 22.4 Å². The Morgan fingerprint density at radius 2 is 1.80 bits per heavy atom. The van der Waals surface area contributed by atoms with E-state index in [2.05, 4.69) is 20.2 Å². The van der Waals surface area contributed by atoms with E-state index in [1.165, 1.54) is 6.20 Å². The molecule has 0 bridgehead atoms. The van der Waals surface area contributed by atoms with Crippen LogP contribution >= 0.6 is 0 Å². The second-order valence-corrected chi connectivity index (χ2v) is 9.08. The van der Waals surface area contributed by atoms with Gasteiger partial charge >= 0.3 is 6.18 Å². The lowest BCUT2D eigenvalue weighted by Gasteiger charge is -2.31. The molecule has 1 aromatic heterocycles. The monoisotopic (exact) mass is 420 g/mol. The topological polar surface area (TPSA) is 58.1 Å². The van der Waals surface area contributed by atoms with Crippen LogP contribution in [0.4, 0.5) is 24.5 Å². The lowest BCUT2D eigenvalue weighted by molar-refractivity contribution is -0.145. The lowest BCUT2D eigenvalue weighted by Crippen LogP contribution is -2.32. The maximum atomic E-state index is 12.8. The molecule has 2 aromatic rings. The van der Waals surface area contributed by atoms with Crippen molar-refractivity contribution in [3.8, 4) is 0 Å². The molecule has 162 valence electrons. The number of aryl methyl sites for hydroxylation is 2. The number of rotatable bonds is 3. The summed E-state index contributed by atoms with van der Waals surface area (Å²) in [5.74, 6) is -1.11. The number of carbonyl (C=O) groups is 1. The molecule has 0 aliphatic carbocycles. The molecule has 1 amide bonds. The molecule has 1 aromatic carbocycles. The van der Waals surface area contributed by atoms with Crippen molar-refractivity contribution in [1.82, 2.24) is 9.97 Å². The molecule has 30 heavy (non-hydrogen) atoms. The summed E-state index contributed by atoms with van der Waals surface area (Å²) in [4.78, 5) is 21.6. The minimum atomic E-state index is -4.53. The predicted octanol–water partition coefficient (Wildman–Crippen LogP) is 5.05. The number of amides is 1. The van der Waals surface area contributed by atoms with E-state index in [1.54, 1.807) is 0 Å². The van der Waals surface area contributed by atoms with Gasteiger partial charge in [0.1, 0.15) is 0 Å². The molecule has 1 aliphatic heterocycles. The van der Waals surface area contributed by atoms with Crippen LogP contribution < -0.4 is 10.2 Å². The van der Waals surface area contributed by atoms with Gasteiger partial charge in [-0.15, -0.1) is 0 Å². The molecule has 0 fully saturated rings. The summed E-state index contributed by atoms with van der Waals surface area (Å²) in [6.45, 7) is 11.0. The summed E-state index contributed by atoms with van der Waals surface area (Å²) in [5, 5.41) is 3.02. The molecular weight excluding hydrogens is 393 g/mol.